The number of nitrogens with zero attached hydrogens (tertiary/aromatic N) is 4. The maximum atomic E-state index is 12.6. The first kappa shape index (κ1) is 14.5. The molecule has 0 radical (unpaired) electrons. The van der Waals surface area contributed by atoms with Crippen molar-refractivity contribution in [2.45, 2.75) is 31.8 Å². The lowest BCUT2D eigenvalue weighted by atomic mass is 10.1. The third-order valence-corrected chi connectivity index (χ3v) is 3.91. The van der Waals surface area contributed by atoms with Gasteiger partial charge in [0.15, 0.2) is 0 Å². The molecule has 2 aromatic rings. The monoisotopic (exact) mass is 296 g/mol. The molecule has 1 fully saturated rings. The summed E-state index contributed by atoms with van der Waals surface area (Å²) < 4.78 is 1.62. The van der Waals surface area contributed by atoms with E-state index in [1.807, 2.05) is 23.1 Å². The Morgan fingerprint density at radius 3 is 2.68 bits per heavy atom. The normalized spacial score (nSPS) is 15.9. The molecule has 0 spiro atoms. The second-order valence-electron chi connectivity index (χ2n) is 5.71. The van der Waals surface area contributed by atoms with Gasteiger partial charge in [-0.25, -0.2) is 0 Å². The summed E-state index contributed by atoms with van der Waals surface area (Å²) in [6.07, 6.45) is 7.28. The zero-order valence-corrected chi connectivity index (χ0v) is 12.9. The van der Waals surface area contributed by atoms with Crippen LogP contribution in [-0.4, -0.2) is 31.8 Å². The van der Waals surface area contributed by atoms with Crippen molar-refractivity contribution in [2.75, 3.05) is 0 Å². The van der Waals surface area contributed by atoms with E-state index in [1.165, 1.54) is 0 Å². The molecule has 3 rings (SSSR count). The molecule has 0 N–H and O–H groups in total. The largest absolute Gasteiger partial charge is 0.329 e. The number of carbonyl (C=O) groups is 1. The second-order valence-corrected chi connectivity index (χ2v) is 5.71. The molecule has 1 saturated carbocycles. The van der Waals surface area contributed by atoms with Gasteiger partial charge >= 0.3 is 0 Å². The number of amides is 1. The Hall–Kier alpha value is -2.43. The molecule has 1 aliphatic carbocycles. The van der Waals surface area contributed by atoms with Crippen molar-refractivity contribution in [3.63, 3.8) is 0 Å². The molecular weight excluding hydrogens is 276 g/mol. The van der Waals surface area contributed by atoms with Crippen LogP contribution in [0.5, 0.6) is 0 Å². The van der Waals surface area contributed by atoms with E-state index in [0.29, 0.717) is 11.7 Å². The van der Waals surface area contributed by atoms with Gasteiger partial charge in [-0.15, -0.1) is 5.10 Å². The number of carbonyl (C=O) groups excluding carboxylic acids is 1. The summed E-state index contributed by atoms with van der Waals surface area (Å²) in [6.45, 7) is 2.09. The Balaban J connectivity index is 1.76. The molecule has 5 nitrogen and oxygen atoms in total. The number of aromatic nitrogens is 3. The number of hydrogen-bond donors (Lipinski definition) is 0. The number of hydrogen-bond acceptors (Lipinski definition) is 3. The Morgan fingerprint density at radius 1 is 1.36 bits per heavy atom. The molecule has 5 heteroatoms. The van der Waals surface area contributed by atoms with Crippen molar-refractivity contribution in [3.8, 4) is 0 Å². The Labute approximate surface area is 130 Å². The van der Waals surface area contributed by atoms with Crippen molar-refractivity contribution in [1.82, 2.24) is 19.9 Å². The van der Waals surface area contributed by atoms with E-state index in [9.17, 15) is 4.79 Å². The maximum absolute atomic E-state index is 12.6. The van der Waals surface area contributed by atoms with E-state index in [0.717, 1.165) is 18.4 Å². The van der Waals surface area contributed by atoms with Gasteiger partial charge in [-0.1, -0.05) is 35.5 Å². The molecule has 1 aromatic heterocycles. The molecule has 0 aliphatic heterocycles. The highest BCUT2D eigenvalue weighted by Crippen LogP contribution is 2.34. The summed E-state index contributed by atoms with van der Waals surface area (Å²) in [7, 11) is 1.81. The van der Waals surface area contributed by atoms with Crippen molar-refractivity contribution < 1.29 is 4.79 Å². The highest BCUT2D eigenvalue weighted by Gasteiger charge is 2.35. The summed E-state index contributed by atoms with van der Waals surface area (Å²) in [5.41, 5.74) is 1.86. The molecule has 1 heterocycles. The molecule has 114 valence electrons. The van der Waals surface area contributed by atoms with Crippen LogP contribution in [0.2, 0.25) is 0 Å². The average molecular weight is 296 g/mol. The fourth-order valence-electron chi connectivity index (χ4n) is 2.62. The molecular formula is C17H20N4O. The smallest absolute Gasteiger partial charge is 0.247 e. The van der Waals surface area contributed by atoms with Gasteiger partial charge in [-0.3, -0.25) is 9.48 Å². The topological polar surface area (TPSA) is 51.0 Å². The van der Waals surface area contributed by atoms with Crippen molar-refractivity contribution in [1.29, 1.82) is 0 Å². The van der Waals surface area contributed by atoms with E-state index in [1.54, 1.807) is 30.1 Å². The minimum atomic E-state index is 0.0320. The summed E-state index contributed by atoms with van der Waals surface area (Å²) >= 11 is 0. The van der Waals surface area contributed by atoms with Gasteiger partial charge in [0.2, 0.25) is 5.91 Å². The van der Waals surface area contributed by atoms with Gasteiger partial charge in [0, 0.05) is 19.2 Å². The van der Waals surface area contributed by atoms with Crippen molar-refractivity contribution in [3.05, 3.63) is 53.9 Å². The Bertz CT molecular complexity index is 673. The Morgan fingerprint density at radius 2 is 2.09 bits per heavy atom. The predicted molar refractivity (Wildman–Crippen MR) is 84.8 cm³/mol. The van der Waals surface area contributed by atoms with Gasteiger partial charge in [-0.05, 0) is 31.4 Å². The van der Waals surface area contributed by atoms with Crippen LogP contribution in [0.4, 0.5) is 0 Å². The zero-order chi connectivity index (χ0) is 15.5. The summed E-state index contributed by atoms with van der Waals surface area (Å²) in [5.74, 6) is 0.0320. The lowest BCUT2D eigenvalue weighted by molar-refractivity contribution is -0.128. The van der Waals surface area contributed by atoms with E-state index in [4.69, 9.17) is 0 Å². The third kappa shape index (κ3) is 3.24. The van der Waals surface area contributed by atoms with Crippen LogP contribution >= 0.6 is 0 Å². The van der Waals surface area contributed by atoms with Crippen LogP contribution in [0.1, 0.15) is 37.1 Å². The minimum absolute atomic E-state index is 0.0320. The first-order chi connectivity index (χ1) is 10.6. The maximum Gasteiger partial charge on any atom is 0.247 e. The Kier molecular flexibility index (Phi) is 4.04. The molecule has 0 saturated heterocycles. The van der Waals surface area contributed by atoms with Crippen molar-refractivity contribution >= 4 is 12.0 Å². The number of benzene rings is 1. The average Bonchev–Trinajstić information content (AvgIpc) is 3.27. The molecule has 1 atom stereocenters. The highest BCUT2D eigenvalue weighted by molar-refractivity contribution is 5.92. The number of aryl methyl sites for hydroxylation is 1. The molecule has 1 amide bonds. The molecule has 22 heavy (non-hydrogen) atoms. The predicted octanol–water partition coefficient (Wildman–Crippen LogP) is 2.58. The third-order valence-electron chi connectivity index (χ3n) is 3.91. The van der Waals surface area contributed by atoms with Crippen LogP contribution < -0.4 is 0 Å². The summed E-state index contributed by atoms with van der Waals surface area (Å²) in [6, 6.07) is 10.6. The molecule has 1 unspecified atom stereocenters. The van der Waals surface area contributed by atoms with Crippen LogP contribution in [0.15, 0.2) is 42.6 Å². The fraction of sp³-hybridized carbons (Fsp3) is 0.353. The highest BCUT2D eigenvalue weighted by atomic mass is 16.2. The summed E-state index contributed by atoms with van der Waals surface area (Å²) in [4.78, 5) is 14.6. The van der Waals surface area contributed by atoms with Gasteiger partial charge in [0.25, 0.3) is 0 Å². The first-order valence-corrected chi connectivity index (χ1v) is 7.57. The van der Waals surface area contributed by atoms with E-state index >= 15 is 0 Å². The van der Waals surface area contributed by atoms with Gasteiger partial charge in [0.05, 0.1) is 12.2 Å². The van der Waals surface area contributed by atoms with Crippen LogP contribution in [0.3, 0.4) is 0 Å². The van der Waals surface area contributed by atoms with Gasteiger partial charge in [-0.2, -0.15) is 0 Å². The second kappa shape index (κ2) is 6.13. The SMILES string of the molecule is CC(c1ccccc1)N(C(=O)/C=C/c1cn(C)nn1)C1CC1. The molecule has 1 aromatic carbocycles. The lowest BCUT2D eigenvalue weighted by Crippen LogP contribution is -2.34. The minimum Gasteiger partial charge on any atom is -0.329 e. The van der Waals surface area contributed by atoms with E-state index in [-0.39, 0.29) is 11.9 Å². The van der Waals surface area contributed by atoms with Gasteiger partial charge in [0.1, 0.15) is 5.69 Å². The quantitative estimate of drug-likeness (QED) is 0.797. The number of rotatable bonds is 5. The standard InChI is InChI=1S/C17H20N4O/c1-13(14-6-4-3-5-7-14)21(16-9-10-16)17(22)11-8-15-12-20(2)19-18-15/h3-8,11-13,16H,9-10H2,1-2H3/b11-8+. The fourth-order valence-corrected chi connectivity index (χ4v) is 2.62. The summed E-state index contributed by atoms with van der Waals surface area (Å²) in [5, 5.41) is 7.83. The van der Waals surface area contributed by atoms with Crippen LogP contribution in [0.25, 0.3) is 6.08 Å². The zero-order valence-electron chi connectivity index (χ0n) is 12.9. The van der Waals surface area contributed by atoms with E-state index < -0.39 is 0 Å². The molecule has 1 aliphatic rings. The van der Waals surface area contributed by atoms with Crippen LogP contribution in [0, 0.1) is 0 Å². The van der Waals surface area contributed by atoms with Gasteiger partial charge < -0.3 is 4.90 Å². The van der Waals surface area contributed by atoms with Crippen LogP contribution in [-0.2, 0) is 11.8 Å². The van der Waals surface area contributed by atoms with E-state index in [2.05, 4.69) is 29.4 Å². The lowest BCUT2D eigenvalue weighted by Gasteiger charge is -2.28. The molecule has 0 bridgehead atoms. The van der Waals surface area contributed by atoms with Crippen molar-refractivity contribution in [2.24, 2.45) is 7.05 Å². The first-order valence-electron chi connectivity index (χ1n) is 7.57.